The fourth-order valence-corrected chi connectivity index (χ4v) is 2.33. The lowest BCUT2D eigenvalue weighted by Crippen LogP contribution is -2.18. The Morgan fingerprint density at radius 3 is 2.84 bits per heavy atom. The second-order valence-electron chi connectivity index (χ2n) is 4.65. The number of nitrogens with one attached hydrogen (secondary N) is 1. The lowest BCUT2D eigenvalue weighted by Gasteiger charge is -2.06. The summed E-state index contributed by atoms with van der Waals surface area (Å²) >= 11 is 3.27. The first-order valence-electron chi connectivity index (χ1n) is 6.95. The molecule has 126 valence electrons. The molecule has 0 aliphatic rings. The maximum Gasteiger partial charge on any atom is 0.272 e. The lowest BCUT2D eigenvalue weighted by molar-refractivity contribution is -0.384. The molecule has 0 aromatic heterocycles. The van der Waals surface area contributed by atoms with E-state index in [4.69, 9.17) is 11.2 Å². The predicted molar refractivity (Wildman–Crippen MR) is 96.6 cm³/mol. The summed E-state index contributed by atoms with van der Waals surface area (Å²) in [6, 6.07) is 10.8. The molecule has 0 bridgehead atoms. The zero-order chi connectivity index (χ0) is 18.2. The Labute approximate surface area is 152 Å². The summed E-state index contributed by atoms with van der Waals surface area (Å²) in [5.74, 6) is 2.20. The van der Waals surface area contributed by atoms with Gasteiger partial charge in [0.15, 0.2) is 0 Å². The summed E-state index contributed by atoms with van der Waals surface area (Å²) in [5.41, 5.74) is 2.94. The van der Waals surface area contributed by atoms with Crippen LogP contribution in [0.2, 0.25) is 0 Å². The second kappa shape index (κ2) is 8.61. The molecule has 1 amide bonds. The van der Waals surface area contributed by atoms with Gasteiger partial charge in [-0.25, -0.2) is 5.43 Å². The highest BCUT2D eigenvalue weighted by Gasteiger charge is 2.11. The molecule has 0 heterocycles. The number of benzene rings is 2. The molecule has 2 rings (SSSR count). The van der Waals surface area contributed by atoms with Gasteiger partial charge in [0, 0.05) is 22.2 Å². The van der Waals surface area contributed by atoms with Crippen molar-refractivity contribution in [2.45, 2.75) is 0 Å². The van der Waals surface area contributed by atoms with E-state index in [0.717, 1.165) is 0 Å². The smallest absolute Gasteiger partial charge is 0.272 e. The second-order valence-corrected chi connectivity index (χ2v) is 5.51. The van der Waals surface area contributed by atoms with Crippen molar-refractivity contribution in [3.63, 3.8) is 0 Å². The Kier molecular flexibility index (Phi) is 6.26. The van der Waals surface area contributed by atoms with Gasteiger partial charge in [-0.3, -0.25) is 14.9 Å². The quantitative estimate of drug-likeness (QED) is 0.348. The van der Waals surface area contributed by atoms with Crippen molar-refractivity contribution >= 4 is 33.7 Å². The molecule has 7 nitrogen and oxygen atoms in total. The van der Waals surface area contributed by atoms with E-state index in [-0.39, 0.29) is 12.3 Å². The van der Waals surface area contributed by atoms with E-state index in [9.17, 15) is 14.9 Å². The minimum absolute atomic E-state index is 0.00196. The third kappa shape index (κ3) is 4.89. The number of nitro benzene ring substituents is 1. The normalized spacial score (nSPS) is 10.2. The monoisotopic (exact) mass is 401 g/mol. The third-order valence-corrected chi connectivity index (χ3v) is 3.69. The van der Waals surface area contributed by atoms with E-state index in [0.29, 0.717) is 21.3 Å². The van der Waals surface area contributed by atoms with Gasteiger partial charge < -0.3 is 4.74 Å². The molecule has 0 atom stereocenters. The Bertz CT molecular complexity index is 874. The van der Waals surface area contributed by atoms with Crippen LogP contribution in [0.5, 0.6) is 5.75 Å². The van der Waals surface area contributed by atoms with Crippen LogP contribution < -0.4 is 10.2 Å². The zero-order valence-electron chi connectivity index (χ0n) is 12.8. The summed E-state index contributed by atoms with van der Waals surface area (Å²) in [6.07, 6.45) is 6.40. The fraction of sp³-hybridized carbons (Fsp3) is 0.0588. The molecule has 2 aromatic carbocycles. The van der Waals surface area contributed by atoms with Gasteiger partial charge in [0.25, 0.3) is 11.6 Å². The molecule has 0 aliphatic carbocycles. The number of non-ortho nitro benzene ring substituents is 1. The molecule has 0 saturated carbocycles. The molecule has 0 unspecified atom stereocenters. The van der Waals surface area contributed by atoms with Crippen LogP contribution in [0.25, 0.3) is 0 Å². The molecule has 1 N–H and O–H groups in total. The Morgan fingerprint density at radius 1 is 1.40 bits per heavy atom. The molecule has 8 heteroatoms. The fourth-order valence-electron chi connectivity index (χ4n) is 1.87. The number of terminal acetylenes is 1. The molecule has 0 radical (unpaired) electrons. The van der Waals surface area contributed by atoms with Gasteiger partial charge in [-0.05, 0) is 34.1 Å². The van der Waals surface area contributed by atoms with Gasteiger partial charge >= 0.3 is 0 Å². The maximum absolute atomic E-state index is 12.1. The van der Waals surface area contributed by atoms with Gasteiger partial charge in [-0.2, -0.15) is 5.10 Å². The van der Waals surface area contributed by atoms with Crippen molar-refractivity contribution < 1.29 is 14.5 Å². The van der Waals surface area contributed by atoms with Crippen LogP contribution in [0.15, 0.2) is 52.0 Å². The van der Waals surface area contributed by atoms with Crippen LogP contribution in [-0.4, -0.2) is 23.7 Å². The average Bonchev–Trinajstić information content (AvgIpc) is 2.60. The zero-order valence-corrected chi connectivity index (χ0v) is 14.4. The van der Waals surface area contributed by atoms with Gasteiger partial charge in [0.1, 0.15) is 12.4 Å². The van der Waals surface area contributed by atoms with Crippen molar-refractivity contribution in [1.29, 1.82) is 0 Å². The number of ether oxygens (including phenoxy) is 1. The molecular weight excluding hydrogens is 390 g/mol. The van der Waals surface area contributed by atoms with Crippen LogP contribution in [0.3, 0.4) is 0 Å². The van der Waals surface area contributed by atoms with Crippen molar-refractivity contribution in [1.82, 2.24) is 5.43 Å². The van der Waals surface area contributed by atoms with Crippen LogP contribution in [0.4, 0.5) is 5.69 Å². The number of halogens is 1. The molecule has 0 saturated heterocycles. The summed E-state index contributed by atoms with van der Waals surface area (Å²) < 4.78 is 5.93. The highest BCUT2D eigenvalue weighted by molar-refractivity contribution is 9.10. The molecule has 25 heavy (non-hydrogen) atoms. The van der Waals surface area contributed by atoms with E-state index in [1.54, 1.807) is 24.3 Å². The van der Waals surface area contributed by atoms with Crippen molar-refractivity contribution in [2.24, 2.45) is 5.10 Å². The predicted octanol–water partition coefficient (Wildman–Crippen LogP) is 3.13. The number of rotatable bonds is 6. The lowest BCUT2D eigenvalue weighted by atomic mass is 10.2. The SMILES string of the molecule is C#CCOc1ccc([N+](=O)[O-])cc1/C=N/NC(=O)c1ccccc1Br. The van der Waals surface area contributed by atoms with E-state index in [2.05, 4.69) is 32.4 Å². The van der Waals surface area contributed by atoms with E-state index >= 15 is 0 Å². The van der Waals surface area contributed by atoms with Gasteiger partial charge in [-0.15, -0.1) is 6.42 Å². The number of hydrogen-bond acceptors (Lipinski definition) is 5. The molecule has 0 spiro atoms. The summed E-state index contributed by atoms with van der Waals surface area (Å²) in [6.45, 7) is 0.00196. The largest absolute Gasteiger partial charge is 0.480 e. The van der Waals surface area contributed by atoms with Crippen LogP contribution in [0.1, 0.15) is 15.9 Å². The standard InChI is InChI=1S/C17H12BrN3O4/c1-2-9-25-16-8-7-13(21(23)24)10-12(16)11-19-20-17(22)14-5-3-4-6-15(14)18/h1,3-8,10-11H,9H2,(H,20,22)/b19-11+. The Hall–Kier alpha value is -3.18. The highest BCUT2D eigenvalue weighted by Crippen LogP contribution is 2.23. The molecule has 0 aliphatic heterocycles. The Morgan fingerprint density at radius 2 is 2.16 bits per heavy atom. The molecule has 2 aromatic rings. The van der Waals surface area contributed by atoms with Gasteiger partial charge in [0.05, 0.1) is 16.7 Å². The molecule has 0 fully saturated rings. The van der Waals surface area contributed by atoms with Crippen LogP contribution in [0, 0.1) is 22.5 Å². The third-order valence-electron chi connectivity index (χ3n) is 3.00. The number of nitro groups is 1. The maximum atomic E-state index is 12.1. The van der Waals surface area contributed by atoms with Crippen LogP contribution >= 0.6 is 15.9 Å². The van der Waals surface area contributed by atoms with Crippen molar-refractivity contribution in [3.05, 3.63) is 68.2 Å². The van der Waals surface area contributed by atoms with E-state index < -0.39 is 10.8 Å². The molecular formula is C17H12BrN3O4. The van der Waals surface area contributed by atoms with E-state index in [1.165, 1.54) is 24.4 Å². The minimum atomic E-state index is -0.540. The number of nitrogens with zero attached hydrogens (tertiary/aromatic N) is 2. The number of carbonyl (C=O) groups excluding carboxylic acids is 1. The topological polar surface area (TPSA) is 93.8 Å². The highest BCUT2D eigenvalue weighted by atomic mass is 79.9. The first kappa shape index (κ1) is 18.2. The summed E-state index contributed by atoms with van der Waals surface area (Å²) in [7, 11) is 0. The van der Waals surface area contributed by atoms with Crippen molar-refractivity contribution in [2.75, 3.05) is 6.61 Å². The van der Waals surface area contributed by atoms with E-state index in [1.807, 2.05) is 0 Å². The summed E-state index contributed by atoms with van der Waals surface area (Å²) in [4.78, 5) is 22.4. The summed E-state index contributed by atoms with van der Waals surface area (Å²) in [5, 5.41) is 14.7. The van der Waals surface area contributed by atoms with Crippen molar-refractivity contribution in [3.8, 4) is 18.1 Å². The van der Waals surface area contributed by atoms with Crippen LogP contribution in [-0.2, 0) is 0 Å². The number of carbonyl (C=O) groups is 1. The average molecular weight is 402 g/mol. The van der Waals surface area contributed by atoms with Gasteiger partial charge in [-0.1, -0.05) is 18.1 Å². The first-order chi connectivity index (χ1) is 12.0. The Balaban J connectivity index is 2.19. The van der Waals surface area contributed by atoms with Gasteiger partial charge in [0.2, 0.25) is 0 Å². The first-order valence-corrected chi connectivity index (χ1v) is 7.75. The minimum Gasteiger partial charge on any atom is -0.480 e. The number of hydrazone groups is 1. The number of hydrogen-bond donors (Lipinski definition) is 1. The number of amides is 1.